The minimum atomic E-state index is -0.577. The fraction of sp³-hybridized carbons (Fsp3) is 0.385. The van der Waals surface area contributed by atoms with Gasteiger partial charge >= 0.3 is 11.9 Å². The minimum absolute atomic E-state index is 0.0910. The van der Waals surface area contributed by atoms with E-state index in [1.165, 1.54) is 24.8 Å². The van der Waals surface area contributed by atoms with Crippen molar-refractivity contribution in [3.8, 4) is 0 Å². The summed E-state index contributed by atoms with van der Waals surface area (Å²) in [6.07, 6.45) is -0.577. The lowest BCUT2D eigenvalue weighted by Crippen LogP contribution is -2.22. The molecule has 2 unspecified atom stereocenters. The molecule has 7 heteroatoms. The first-order valence-electron chi connectivity index (χ1n) is 5.91. The van der Waals surface area contributed by atoms with Crippen LogP contribution in [0.5, 0.6) is 0 Å². The summed E-state index contributed by atoms with van der Waals surface area (Å²) in [5.41, 5.74) is 0.0551. The Kier molecular flexibility index (Phi) is 5.28. The quantitative estimate of drug-likeness (QED) is 0.795. The van der Waals surface area contributed by atoms with E-state index < -0.39 is 18.2 Å². The summed E-state index contributed by atoms with van der Waals surface area (Å²) in [6.45, 7) is 1.41. The molecular formula is C13H13ClO5S. The predicted molar refractivity (Wildman–Crippen MR) is 74.6 cm³/mol. The highest BCUT2D eigenvalue weighted by Crippen LogP contribution is 2.26. The van der Waals surface area contributed by atoms with Crippen LogP contribution in [-0.2, 0) is 19.0 Å². The van der Waals surface area contributed by atoms with Gasteiger partial charge in [0.2, 0.25) is 6.29 Å². The molecule has 0 saturated carbocycles. The van der Waals surface area contributed by atoms with Crippen molar-refractivity contribution in [1.29, 1.82) is 0 Å². The van der Waals surface area contributed by atoms with Crippen LogP contribution in [-0.4, -0.2) is 36.0 Å². The minimum Gasteiger partial charge on any atom is -0.458 e. The fourth-order valence-electron chi connectivity index (χ4n) is 1.61. The Morgan fingerprint density at radius 2 is 2.30 bits per heavy atom. The molecule has 1 aliphatic heterocycles. The molecule has 0 aromatic heterocycles. The van der Waals surface area contributed by atoms with Crippen LogP contribution in [0.25, 0.3) is 0 Å². The topological polar surface area (TPSA) is 61.8 Å². The molecule has 0 radical (unpaired) electrons. The lowest BCUT2D eigenvalue weighted by Gasteiger charge is -2.12. The van der Waals surface area contributed by atoms with Gasteiger partial charge in [0.05, 0.1) is 11.3 Å². The Balaban J connectivity index is 1.78. The molecule has 0 amide bonds. The second-order valence-corrected chi connectivity index (χ2v) is 5.68. The molecule has 2 atom stereocenters. The number of esters is 2. The number of carbonyl (C=O) groups is 2. The van der Waals surface area contributed by atoms with E-state index in [0.717, 1.165) is 0 Å². The van der Waals surface area contributed by atoms with Gasteiger partial charge < -0.3 is 14.2 Å². The Morgan fingerprint density at radius 3 is 3.00 bits per heavy atom. The van der Waals surface area contributed by atoms with Crippen molar-refractivity contribution in [2.45, 2.75) is 18.6 Å². The van der Waals surface area contributed by atoms with Gasteiger partial charge in [0.15, 0.2) is 0 Å². The van der Waals surface area contributed by atoms with Gasteiger partial charge in [0.1, 0.15) is 12.0 Å². The normalized spacial score (nSPS) is 21.5. The zero-order valence-corrected chi connectivity index (χ0v) is 12.3. The van der Waals surface area contributed by atoms with Gasteiger partial charge in [0.25, 0.3) is 0 Å². The van der Waals surface area contributed by atoms with E-state index in [0.29, 0.717) is 16.3 Å². The van der Waals surface area contributed by atoms with Crippen LogP contribution in [0.15, 0.2) is 24.3 Å². The van der Waals surface area contributed by atoms with E-state index in [1.807, 2.05) is 0 Å². The van der Waals surface area contributed by atoms with E-state index in [1.54, 1.807) is 18.2 Å². The maximum Gasteiger partial charge on any atom is 0.338 e. The van der Waals surface area contributed by atoms with Crippen LogP contribution in [0, 0.1) is 0 Å². The Labute approximate surface area is 125 Å². The lowest BCUT2D eigenvalue weighted by molar-refractivity contribution is -0.172. The SMILES string of the molecule is CC(=O)OC1CSC(COC(=O)c2cccc(Cl)c2)O1. The van der Waals surface area contributed by atoms with Crippen LogP contribution < -0.4 is 0 Å². The molecule has 1 heterocycles. The lowest BCUT2D eigenvalue weighted by atomic mass is 10.2. The molecule has 108 valence electrons. The first kappa shape index (κ1) is 15.2. The molecule has 0 N–H and O–H groups in total. The highest BCUT2D eigenvalue weighted by atomic mass is 35.5. The molecule has 1 aliphatic rings. The van der Waals surface area contributed by atoms with Crippen molar-refractivity contribution < 1.29 is 23.8 Å². The number of halogens is 1. The number of ether oxygens (including phenoxy) is 3. The maximum atomic E-state index is 11.8. The molecule has 1 fully saturated rings. The summed E-state index contributed by atoms with van der Waals surface area (Å²) >= 11 is 7.23. The first-order valence-corrected chi connectivity index (χ1v) is 7.34. The summed E-state index contributed by atoms with van der Waals surface area (Å²) in [6, 6.07) is 6.52. The monoisotopic (exact) mass is 316 g/mol. The molecule has 5 nitrogen and oxygen atoms in total. The summed E-state index contributed by atoms with van der Waals surface area (Å²) in [4.78, 5) is 22.6. The van der Waals surface area contributed by atoms with Crippen LogP contribution in [0.2, 0.25) is 5.02 Å². The molecule has 0 spiro atoms. The molecule has 1 aromatic carbocycles. The second-order valence-electron chi connectivity index (χ2n) is 4.05. The maximum absolute atomic E-state index is 11.8. The summed E-state index contributed by atoms with van der Waals surface area (Å²) < 4.78 is 15.4. The van der Waals surface area contributed by atoms with Gasteiger partial charge in [-0.3, -0.25) is 4.79 Å². The number of thioether (sulfide) groups is 1. The third kappa shape index (κ3) is 4.40. The molecule has 20 heavy (non-hydrogen) atoms. The van der Waals surface area contributed by atoms with E-state index in [4.69, 9.17) is 25.8 Å². The average molecular weight is 317 g/mol. The zero-order valence-electron chi connectivity index (χ0n) is 10.7. The van der Waals surface area contributed by atoms with Crippen molar-refractivity contribution in [2.75, 3.05) is 12.4 Å². The number of hydrogen-bond acceptors (Lipinski definition) is 6. The molecule has 1 aromatic rings. The zero-order chi connectivity index (χ0) is 14.5. The van der Waals surface area contributed by atoms with Crippen molar-refractivity contribution in [2.24, 2.45) is 0 Å². The third-order valence-electron chi connectivity index (χ3n) is 2.43. The number of hydrogen-bond donors (Lipinski definition) is 0. The first-order chi connectivity index (χ1) is 9.54. The molecular weight excluding hydrogens is 304 g/mol. The molecule has 1 saturated heterocycles. The van der Waals surface area contributed by atoms with Crippen LogP contribution in [0.1, 0.15) is 17.3 Å². The average Bonchev–Trinajstić information content (AvgIpc) is 2.82. The third-order valence-corrected chi connectivity index (χ3v) is 3.75. The van der Waals surface area contributed by atoms with E-state index in [-0.39, 0.29) is 12.0 Å². The number of carbonyl (C=O) groups excluding carboxylic acids is 2. The van der Waals surface area contributed by atoms with Gasteiger partial charge in [-0.05, 0) is 18.2 Å². The smallest absolute Gasteiger partial charge is 0.338 e. The summed E-state index contributed by atoms with van der Waals surface area (Å²) in [7, 11) is 0. The highest BCUT2D eigenvalue weighted by molar-refractivity contribution is 8.00. The van der Waals surface area contributed by atoms with Crippen LogP contribution >= 0.6 is 23.4 Å². The van der Waals surface area contributed by atoms with E-state index in [2.05, 4.69) is 0 Å². The van der Waals surface area contributed by atoms with Gasteiger partial charge in [-0.2, -0.15) is 0 Å². The van der Waals surface area contributed by atoms with E-state index in [9.17, 15) is 9.59 Å². The predicted octanol–water partition coefficient (Wildman–Crippen LogP) is 2.48. The number of rotatable bonds is 4. The second kappa shape index (κ2) is 6.97. The van der Waals surface area contributed by atoms with Gasteiger partial charge in [-0.15, -0.1) is 11.8 Å². The van der Waals surface area contributed by atoms with Crippen molar-refractivity contribution in [1.82, 2.24) is 0 Å². The van der Waals surface area contributed by atoms with Gasteiger partial charge in [-0.25, -0.2) is 4.79 Å². The fourth-order valence-corrected chi connectivity index (χ4v) is 2.69. The molecule has 0 aliphatic carbocycles. The largest absolute Gasteiger partial charge is 0.458 e. The standard InChI is InChI=1S/C13H13ClO5S/c1-8(15)18-11-7-20-12(19-11)6-17-13(16)9-3-2-4-10(14)5-9/h2-5,11-12H,6-7H2,1H3. The van der Waals surface area contributed by atoms with Crippen molar-refractivity contribution >= 4 is 35.3 Å². The van der Waals surface area contributed by atoms with Gasteiger partial charge in [0, 0.05) is 11.9 Å². The Bertz CT molecular complexity index is 507. The van der Waals surface area contributed by atoms with Crippen molar-refractivity contribution in [3.63, 3.8) is 0 Å². The van der Waals surface area contributed by atoms with Gasteiger partial charge in [-0.1, -0.05) is 17.7 Å². The Morgan fingerprint density at radius 1 is 1.50 bits per heavy atom. The molecule has 0 bridgehead atoms. The van der Waals surface area contributed by atoms with E-state index >= 15 is 0 Å². The molecule has 2 rings (SSSR count). The Hall–Kier alpha value is -1.24. The van der Waals surface area contributed by atoms with Crippen molar-refractivity contribution in [3.05, 3.63) is 34.9 Å². The summed E-state index contributed by atoms with van der Waals surface area (Å²) in [5.74, 6) is -0.335. The summed E-state index contributed by atoms with van der Waals surface area (Å²) in [5, 5.41) is 0.473. The highest BCUT2D eigenvalue weighted by Gasteiger charge is 2.29. The van der Waals surface area contributed by atoms with Crippen LogP contribution in [0.4, 0.5) is 0 Å². The number of benzene rings is 1. The van der Waals surface area contributed by atoms with Crippen LogP contribution in [0.3, 0.4) is 0 Å².